The second-order valence-electron chi connectivity index (χ2n) is 4.53. The zero-order valence-electron chi connectivity index (χ0n) is 10.7. The molecule has 5 nitrogen and oxygen atoms in total. The molecule has 1 fully saturated rings. The van der Waals surface area contributed by atoms with Crippen molar-refractivity contribution in [3.05, 3.63) is 0 Å². The first-order valence-corrected chi connectivity index (χ1v) is 7.62. The lowest BCUT2D eigenvalue weighted by atomic mass is 10.1. The summed E-state index contributed by atoms with van der Waals surface area (Å²) in [5.74, 6) is 0.638. The third-order valence-corrected chi connectivity index (χ3v) is 3.78. The van der Waals surface area contributed by atoms with Gasteiger partial charge in [0.1, 0.15) is 0 Å². The number of methoxy groups -OCH3 is 1. The van der Waals surface area contributed by atoms with E-state index in [0.29, 0.717) is 5.75 Å². The molecule has 0 bridgehead atoms. The van der Waals surface area contributed by atoms with Gasteiger partial charge in [0.2, 0.25) is 5.91 Å². The summed E-state index contributed by atoms with van der Waals surface area (Å²) >= 11 is 0. The van der Waals surface area contributed by atoms with Crippen molar-refractivity contribution < 1.29 is 13.7 Å². The Kier molecular flexibility index (Phi) is 6.08. The standard InChI is InChI=1S/C11H22N2O3S/c1-8(4-5-17(3)15)13-11(14)10-6-9(16-2)7-12-10/h8-10,12H,4-7H2,1-3H3,(H,13,14). The molecule has 0 aliphatic carbocycles. The van der Waals surface area contributed by atoms with Gasteiger partial charge in [-0.15, -0.1) is 0 Å². The van der Waals surface area contributed by atoms with Gasteiger partial charge in [-0.3, -0.25) is 9.00 Å². The lowest BCUT2D eigenvalue weighted by molar-refractivity contribution is -0.123. The molecule has 1 rings (SSSR count). The highest BCUT2D eigenvalue weighted by molar-refractivity contribution is 7.84. The van der Waals surface area contributed by atoms with Crippen LogP contribution in [0.1, 0.15) is 19.8 Å². The summed E-state index contributed by atoms with van der Waals surface area (Å²) in [6.45, 7) is 2.66. The molecule has 1 aliphatic rings. The maximum Gasteiger partial charge on any atom is 0.237 e. The molecule has 17 heavy (non-hydrogen) atoms. The number of carbonyl (C=O) groups excluding carboxylic acids is 1. The number of hydrogen-bond donors (Lipinski definition) is 2. The minimum Gasteiger partial charge on any atom is -0.380 e. The lowest BCUT2D eigenvalue weighted by Gasteiger charge is -2.16. The number of nitrogens with one attached hydrogen (secondary N) is 2. The summed E-state index contributed by atoms with van der Waals surface area (Å²) in [5, 5.41) is 6.06. The minimum atomic E-state index is -0.797. The van der Waals surface area contributed by atoms with Gasteiger partial charge >= 0.3 is 0 Å². The van der Waals surface area contributed by atoms with Crippen molar-refractivity contribution in [3.63, 3.8) is 0 Å². The van der Waals surface area contributed by atoms with Gasteiger partial charge in [-0.25, -0.2) is 0 Å². The molecule has 4 atom stereocenters. The zero-order chi connectivity index (χ0) is 12.8. The van der Waals surface area contributed by atoms with Crippen LogP contribution >= 0.6 is 0 Å². The van der Waals surface area contributed by atoms with E-state index in [0.717, 1.165) is 19.4 Å². The largest absolute Gasteiger partial charge is 0.380 e. The Labute approximate surface area is 105 Å². The van der Waals surface area contributed by atoms with Crippen molar-refractivity contribution in [2.45, 2.75) is 38.0 Å². The fourth-order valence-electron chi connectivity index (χ4n) is 1.84. The number of ether oxygens (including phenoxy) is 1. The molecule has 4 unspecified atom stereocenters. The van der Waals surface area contributed by atoms with Gasteiger partial charge in [-0.1, -0.05) is 0 Å². The molecular weight excluding hydrogens is 240 g/mol. The predicted octanol–water partition coefficient (Wildman–Crippen LogP) is -0.363. The average molecular weight is 262 g/mol. The first-order valence-electron chi connectivity index (χ1n) is 5.89. The number of rotatable bonds is 6. The van der Waals surface area contributed by atoms with Crippen LogP contribution in [0.5, 0.6) is 0 Å². The maximum absolute atomic E-state index is 11.9. The van der Waals surface area contributed by atoms with Crippen molar-refractivity contribution >= 4 is 16.7 Å². The van der Waals surface area contributed by atoms with Crippen molar-refractivity contribution in [2.24, 2.45) is 0 Å². The van der Waals surface area contributed by atoms with Crippen LogP contribution in [0.2, 0.25) is 0 Å². The van der Waals surface area contributed by atoms with Crippen LogP contribution in [0.4, 0.5) is 0 Å². The van der Waals surface area contributed by atoms with Crippen LogP contribution in [0.15, 0.2) is 0 Å². The Morgan fingerprint density at radius 2 is 2.35 bits per heavy atom. The molecule has 0 aromatic heterocycles. The van der Waals surface area contributed by atoms with Gasteiger partial charge in [0, 0.05) is 42.5 Å². The lowest BCUT2D eigenvalue weighted by Crippen LogP contribution is -2.44. The van der Waals surface area contributed by atoms with Crippen LogP contribution in [0.25, 0.3) is 0 Å². The van der Waals surface area contributed by atoms with E-state index < -0.39 is 10.8 Å². The number of amides is 1. The highest BCUT2D eigenvalue weighted by Gasteiger charge is 2.29. The molecule has 0 aromatic carbocycles. The van der Waals surface area contributed by atoms with Crippen LogP contribution in [-0.4, -0.2) is 54.0 Å². The second-order valence-corrected chi connectivity index (χ2v) is 6.08. The summed E-state index contributed by atoms with van der Waals surface area (Å²) in [6.07, 6.45) is 3.27. The van der Waals surface area contributed by atoms with Gasteiger partial charge in [0.05, 0.1) is 12.1 Å². The molecule has 0 saturated carbocycles. The fourth-order valence-corrected chi connectivity index (χ4v) is 2.53. The quantitative estimate of drug-likeness (QED) is 0.686. The van der Waals surface area contributed by atoms with Crippen LogP contribution in [0, 0.1) is 0 Å². The van der Waals surface area contributed by atoms with E-state index in [1.165, 1.54) is 0 Å². The highest BCUT2D eigenvalue weighted by Crippen LogP contribution is 2.09. The summed E-state index contributed by atoms with van der Waals surface area (Å²) in [6, 6.07) is -0.0932. The second kappa shape index (κ2) is 7.08. The molecule has 0 aromatic rings. The Balaban J connectivity index is 2.27. The van der Waals surface area contributed by atoms with Crippen LogP contribution in [-0.2, 0) is 20.3 Å². The molecule has 1 heterocycles. The van der Waals surface area contributed by atoms with E-state index in [1.54, 1.807) is 13.4 Å². The Morgan fingerprint density at radius 3 is 2.88 bits per heavy atom. The van der Waals surface area contributed by atoms with Gasteiger partial charge in [0.25, 0.3) is 0 Å². The Bertz CT molecular complexity index is 286. The van der Waals surface area contributed by atoms with E-state index in [1.807, 2.05) is 6.92 Å². The van der Waals surface area contributed by atoms with Gasteiger partial charge < -0.3 is 15.4 Å². The van der Waals surface area contributed by atoms with E-state index in [-0.39, 0.29) is 24.1 Å². The Morgan fingerprint density at radius 1 is 1.65 bits per heavy atom. The summed E-state index contributed by atoms with van der Waals surface area (Å²) in [7, 11) is 0.862. The van der Waals surface area contributed by atoms with E-state index in [2.05, 4.69) is 10.6 Å². The highest BCUT2D eigenvalue weighted by atomic mass is 32.2. The average Bonchev–Trinajstić information content (AvgIpc) is 2.74. The smallest absolute Gasteiger partial charge is 0.237 e. The first-order chi connectivity index (χ1) is 8.02. The first kappa shape index (κ1) is 14.6. The van der Waals surface area contributed by atoms with E-state index in [4.69, 9.17) is 4.74 Å². The minimum absolute atomic E-state index is 0.0129. The van der Waals surface area contributed by atoms with Crippen LogP contribution in [0.3, 0.4) is 0 Å². The number of carbonyl (C=O) groups is 1. The monoisotopic (exact) mass is 262 g/mol. The van der Waals surface area contributed by atoms with E-state index in [9.17, 15) is 9.00 Å². The molecule has 2 N–H and O–H groups in total. The maximum atomic E-state index is 11.9. The molecule has 1 amide bonds. The van der Waals surface area contributed by atoms with E-state index >= 15 is 0 Å². The molecule has 1 aliphatic heterocycles. The summed E-state index contributed by atoms with van der Waals surface area (Å²) < 4.78 is 16.1. The van der Waals surface area contributed by atoms with Gasteiger partial charge in [0.15, 0.2) is 0 Å². The summed E-state index contributed by atoms with van der Waals surface area (Å²) in [5.41, 5.74) is 0. The fraction of sp³-hybridized carbons (Fsp3) is 0.909. The predicted molar refractivity (Wildman–Crippen MR) is 68.4 cm³/mol. The Hall–Kier alpha value is -0.460. The van der Waals surface area contributed by atoms with Gasteiger partial charge in [-0.05, 0) is 19.8 Å². The normalized spacial score (nSPS) is 27.7. The van der Waals surface area contributed by atoms with Gasteiger partial charge in [-0.2, -0.15) is 0 Å². The van der Waals surface area contributed by atoms with Crippen molar-refractivity contribution in [1.29, 1.82) is 0 Å². The molecule has 1 saturated heterocycles. The number of hydrogen-bond acceptors (Lipinski definition) is 4. The van der Waals surface area contributed by atoms with Crippen molar-refractivity contribution in [1.82, 2.24) is 10.6 Å². The van der Waals surface area contributed by atoms with Crippen LogP contribution < -0.4 is 10.6 Å². The summed E-state index contributed by atoms with van der Waals surface area (Å²) in [4.78, 5) is 11.9. The molecule has 0 radical (unpaired) electrons. The topological polar surface area (TPSA) is 67.4 Å². The molecular formula is C11H22N2O3S. The van der Waals surface area contributed by atoms with Crippen molar-refractivity contribution in [2.75, 3.05) is 25.7 Å². The molecule has 100 valence electrons. The third kappa shape index (κ3) is 5.14. The molecule has 6 heteroatoms. The zero-order valence-corrected chi connectivity index (χ0v) is 11.5. The van der Waals surface area contributed by atoms with Crippen molar-refractivity contribution in [3.8, 4) is 0 Å². The SMILES string of the molecule is COC1CNC(C(=O)NC(C)CCS(C)=O)C1. The third-order valence-electron chi connectivity index (χ3n) is 2.97. The molecule has 0 spiro atoms.